The second-order valence-electron chi connectivity index (χ2n) is 3.49. The molecule has 2 aromatic rings. The number of pyridine rings is 1. The van der Waals surface area contributed by atoms with E-state index in [1.807, 2.05) is 13.1 Å². The molecule has 0 aliphatic carbocycles. The minimum atomic E-state index is 0.550. The van der Waals surface area contributed by atoms with Crippen molar-refractivity contribution in [3.63, 3.8) is 0 Å². The van der Waals surface area contributed by atoms with Crippen LogP contribution in [0.1, 0.15) is 5.69 Å². The zero-order valence-electron chi connectivity index (χ0n) is 9.64. The van der Waals surface area contributed by atoms with Crippen LogP contribution in [-0.2, 0) is 13.6 Å². The number of anilines is 1. The largest absolute Gasteiger partial charge is 0.481 e. The van der Waals surface area contributed by atoms with Crippen molar-refractivity contribution in [3.05, 3.63) is 35.1 Å². The SMILES string of the molecule is COc1cc(CNc2ncccc2Cl)nn1C. The van der Waals surface area contributed by atoms with Crippen LogP contribution >= 0.6 is 11.6 Å². The van der Waals surface area contributed by atoms with Crippen LogP contribution in [-0.4, -0.2) is 21.9 Å². The molecule has 0 aliphatic rings. The maximum absolute atomic E-state index is 5.98. The number of nitrogens with zero attached hydrogens (tertiary/aromatic N) is 3. The van der Waals surface area contributed by atoms with Gasteiger partial charge in [-0.15, -0.1) is 0 Å². The van der Waals surface area contributed by atoms with Crippen molar-refractivity contribution in [2.75, 3.05) is 12.4 Å². The number of halogens is 1. The van der Waals surface area contributed by atoms with E-state index in [0.717, 1.165) is 5.69 Å². The summed E-state index contributed by atoms with van der Waals surface area (Å²) >= 11 is 5.98. The molecule has 1 N–H and O–H groups in total. The lowest BCUT2D eigenvalue weighted by atomic mass is 10.4. The van der Waals surface area contributed by atoms with Gasteiger partial charge in [0.25, 0.3) is 0 Å². The predicted molar refractivity (Wildman–Crippen MR) is 66.3 cm³/mol. The zero-order chi connectivity index (χ0) is 12.3. The van der Waals surface area contributed by atoms with Crippen LogP contribution in [0.15, 0.2) is 24.4 Å². The van der Waals surface area contributed by atoms with E-state index in [4.69, 9.17) is 16.3 Å². The van der Waals surface area contributed by atoms with Gasteiger partial charge < -0.3 is 10.1 Å². The van der Waals surface area contributed by atoms with Crippen LogP contribution in [0.25, 0.3) is 0 Å². The summed E-state index contributed by atoms with van der Waals surface area (Å²) in [6.45, 7) is 0.550. The highest BCUT2D eigenvalue weighted by molar-refractivity contribution is 6.32. The van der Waals surface area contributed by atoms with E-state index in [0.29, 0.717) is 23.3 Å². The van der Waals surface area contributed by atoms with E-state index in [1.165, 1.54) is 0 Å². The highest BCUT2D eigenvalue weighted by Crippen LogP contribution is 2.18. The molecule has 0 bridgehead atoms. The fourth-order valence-corrected chi connectivity index (χ4v) is 1.66. The molecule has 2 aromatic heterocycles. The number of rotatable bonds is 4. The van der Waals surface area contributed by atoms with E-state index < -0.39 is 0 Å². The smallest absolute Gasteiger partial charge is 0.211 e. The molecule has 0 saturated carbocycles. The average Bonchev–Trinajstić information content (AvgIpc) is 2.69. The average molecular weight is 253 g/mol. The molecular weight excluding hydrogens is 240 g/mol. The molecule has 0 amide bonds. The lowest BCUT2D eigenvalue weighted by Gasteiger charge is -2.04. The highest BCUT2D eigenvalue weighted by Gasteiger charge is 2.06. The maximum Gasteiger partial charge on any atom is 0.211 e. The molecule has 6 heteroatoms. The van der Waals surface area contributed by atoms with E-state index in [2.05, 4.69) is 15.4 Å². The van der Waals surface area contributed by atoms with Gasteiger partial charge in [0.05, 0.1) is 24.4 Å². The molecular formula is C11H13ClN4O. The van der Waals surface area contributed by atoms with Gasteiger partial charge in [0.15, 0.2) is 0 Å². The minimum absolute atomic E-state index is 0.550. The zero-order valence-corrected chi connectivity index (χ0v) is 10.4. The Morgan fingerprint density at radius 3 is 3.00 bits per heavy atom. The molecule has 17 heavy (non-hydrogen) atoms. The number of methoxy groups -OCH3 is 1. The summed E-state index contributed by atoms with van der Waals surface area (Å²) in [5.74, 6) is 1.37. The molecule has 2 heterocycles. The van der Waals surface area contributed by atoms with Gasteiger partial charge >= 0.3 is 0 Å². The quantitative estimate of drug-likeness (QED) is 0.905. The van der Waals surface area contributed by atoms with Crippen LogP contribution in [0.3, 0.4) is 0 Å². The summed E-state index contributed by atoms with van der Waals surface area (Å²) in [7, 11) is 3.44. The number of hydrogen-bond acceptors (Lipinski definition) is 4. The molecule has 0 aromatic carbocycles. The lowest BCUT2D eigenvalue weighted by molar-refractivity contribution is 0.373. The van der Waals surface area contributed by atoms with E-state index in [9.17, 15) is 0 Å². The van der Waals surface area contributed by atoms with Crippen LogP contribution in [0, 0.1) is 0 Å². The highest BCUT2D eigenvalue weighted by atomic mass is 35.5. The number of aromatic nitrogens is 3. The monoisotopic (exact) mass is 252 g/mol. The molecule has 90 valence electrons. The maximum atomic E-state index is 5.98. The Kier molecular flexibility index (Phi) is 3.49. The summed E-state index contributed by atoms with van der Waals surface area (Å²) in [5.41, 5.74) is 0.867. The fraction of sp³-hybridized carbons (Fsp3) is 0.273. The standard InChI is InChI=1S/C11H13ClN4O/c1-16-10(17-2)6-8(15-16)7-14-11-9(12)4-3-5-13-11/h3-6H,7H2,1-2H3,(H,13,14). The van der Waals surface area contributed by atoms with Gasteiger partial charge in [0.2, 0.25) is 5.88 Å². The molecule has 0 radical (unpaired) electrons. The van der Waals surface area contributed by atoms with Crippen LogP contribution in [0.5, 0.6) is 5.88 Å². The summed E-state index contributed by atoms with van der Waals surface area (Å²) in [5, 5.41) is 8.00. The van der Waals surface area contributed by atoms with E-state index in [1.54, 1.807) is 30.1 Å². The van der Waals surface area contributed by atoms with Gasteiger partial charge in [-0.05, 0) is 12.1 Å². The topological polar surface area (TPSA) is 52.0 Å². The van der Waals surface area contributed by atoms with Gasteiger partial charge in [0.1, 0.15) is 5.82 Å². The van der Waals surface area contributed by atoms with Crippen molar-refractivity contribution in [1.29, 1.82) is 0 Å². The van der Waals surface area contributed by atoms with Crippen LogP contribution in [0.2, 0.25) is 5.02 Å². The number of ether oxygens (including phenoxy) is 1. The first kappa shape index (κ1) is 11.7. The molecule has 0 fully saturated rings. The van der Waals surface area contributed by atoms with Crippen molar-refractivity contribution in [1.82, 2.24) is 14.8 Å². The van der Waals surface area contributed by atoms with Crippen molar-refractivity contribution in [3.8, 4) is 5.88 Å². The fourth-order valence-electron chi connectivity index (χ4n) is 1.47. The van der Waals surface area contributed by atoms with Gasteiger partial charge in [-0.1, -0.05) is 11.6 Å². The van der Waals surface area contributed by atoms with Crippen molar-refractivity contribution in [2.24, 2.45) is 7.05 Å². The second-order valence-corrected chi connectivity index (χ2v) is 3.90. The van der Waals surface area contributed by atoms with Crippen LogP contribution in [0.4, 0.5) is 5.82 Å². The predicted octanol–water partition coefficient (Wildman–Crippen LogP) is 2.09. The Bertz CT molecular complexity index is 512. The minimum Gasteiger partial charge on any atom is -0.481 e. The first-order valence-electron chi connectivity index (χ1n) is 5.12. The Hall–Kier alpha value is -1.75. The third kappa shape index (κ3) is 2.68. The van der Waals surface area contributed by atoms with Gasteiger partial charge in [0, 0.05) is 19.3 Å². The first-order valence-corrected chi connectivity index (χ1v) is 5.50. The van der Waals surface area contributed by atoms with Crippen molar-refractivity contribution in [2.45, 2.75) is 6.54 Å². The Morgan fingerprint density at radius 2 is 2.35 bits per heavy atom. The molecule has 0 spiro atoms. The molecule has 2 rings (SSSR count). The third-order valence-corrected chi connectivity index (χ3v) is 2.60. The molecule has 5 nitrogen and oxygen atoms in total. The second kappa shape index (κ2) is 5.05. The Labute approximate surface area is 104 Å². The van der Waals surface area contributed by atoms with Gasteiger partial charge in [-0.2, -0.15) is 5.10 Å². The number of nitrogens with one attached hydrogen (secondary N) is 1. The summed E-state index contributed by atoms with van der Waals surface area (Å²) in [6.07, 6.45) is 1.69. The number of aryl methyl sites for hydroxylation is 1. The van der Waals surface area contributed by atoms with Crippen molar-refractivity contribution >= 4 is 17.4 Å². The molecule has 0 atom stereocenters. The summed E-state index contributed by atoms with van der Waals surface area (Å²) < 4.78 is 6.81. The van der Waals surface area contributed by atoms with E-state index >= 15 is 0 Å². The Morgan fingerprint density at radius 1 is 1.53 bits per heavy atom. The van der Waals surface area contributed by atoms with Gasteiger partial charge in [-0.3, -0.25) is 0 Å². The summed E-state index contributed by atoms with van der Waals surface area (Å²) in [4.78, 5) is 4.13. The lowest BCUT2D eigenvalue weighted by Crippen LogP contribution is -2.03. The summed E-state index contributed by atoms with van der Waals surface area (Å²) in [6, 6.07) is 5.44. The van der Waals surface area contributed by atoms with Crippen molar-refractivity contribution < 1.29 is 4.74 Å². The number of hydrogen-bond donors (Lipinski definition) is 1. The Balaban J connectivity index is 2.05. The van der Waals surface area contributed by atoms with E-state index in [-0.39, 0.29) is 0 Å². The molecule has 0 saturated heterocycles. The third-order valence-electron chi connectivity index (χ3n) is 2.29. The van der Waals surface area contributed by atoms with Gasteiger partial charge in [-0.25, -0.2) is 9.67 Å². The first-order chi connectivity index (χ1) is 8.20. The normalized spacial score (nSPS) is 10.3. The van der Waals surface area contributed by atoms with Crippen LogP contribution < -0.4 is 10.1 Å². The molecule has 0 unspecified atom stereocenters. The molecule has 0 aliphatic heterocycles.